The van der Waals surface area contributed by atoms with Crippen molar-refractivity contribution in [1.82, 2.24) is 15.3 Å². The fraction of sp³-hybridized carbons (Fsp3) is 0.333. The fourth-order valence-electron chi connectivity index (χ4n) is 2.41. The molecule has 0 spiro atoms. The summed E-state index contributed by atoms with van der Waals surface area (Å²) >= 11 is 0. The first kappa shape index (κ1) is 13.0. The molecule has 0 radical (unpaired) electrons. The highest BCUT2D eigenvalue weighted by Crippen LogP contribution is 2.22. The number of anilines is 1. The molecule has 0 bridgehead atoms. The summed E-state index contributed by atoms with van der Waals surface area (Å²) in [7, 11) is 0. The summed E-state index contributed by atoms with van der Waals surface area (Å²) in [4.78, 5) is 11.3. The van der Waals surface area contributed by atoms with E-state index in [4.69, 9.17) is 0 Å². The minimum absolute atomic E-state index is 0.247. The monoisotopic (exact) mass is 272 g/mol. The van der Waals surface area contributed by atoms with Gasteiger partial charge in [0.2, 0.25) is 0 Å². The van der Waals surface area contributed by atoms with Crippen molar-refractivity contribution in [2.45, 2.75) is 6.92 Å². The van der Waals surface area contributed by atoms with Gasteiger partial charge in [-0.25, -0.2) is 14.4 Å². The van der Waals surface area contributed by atoms with Crippen molar-refractivity contribution < 1.29 is 4.39 Å². The van der Waals surface area contributed by atoms with Crippen LogP contribution in [0.2, 0.25) is 0 Å². The molecule has 1 aliphatic rings. The van der Waals surface area contributed by atoms with Crippen LogP contribution in [0.1, 0.15) is 5.69 Å². The number of nitrogens with one attached hydrogen (secondary N) is 1. The maximum atomic E-state index is 12.9. The van der Waals surface area contributed by atoms with Crippen LogP contribution in [0.3, 0.4) is 0 Å². The minimum Gasteiger partial charge on any atom is -0.366 e. The third-order valence-electron chi connectivity index (χ3n) is 3.51. The average molecular weight is 272 g/mol. The molecule has 20 heavy (non-hydrogen) atoms. The van der Waals surface area contributed by atoms with E-state index in [1.807, 2.05) is 13.1 Å². The molecular formula is C15H17FN4. The summed E-state index contributed by atoms with van der Waals surface area (Å²) in [5.41, 5.74) is 2.87. The predicted molar refractivity (Wildman–Crippen MR) is 77.2 cm³/mol. The van der Waals surface area contributed by atoms with Crippen molar-refractivity contribution in [2.75, 3.05) is 31.1 Å². The molecule has 104 valence electrons. The Morgan fingerprint density at radius 1 is 1.15 bits per heavy atom. The SMILES string of the molecule is Cc1nc(-c2ccc(F)cc2)ncc1N1CCNCC1. The Balaban J connectivity index is 1.88. The molecule has 0 aliphatic carbocycles. The van der Waals surface area contributed by atoms with Crippen LogP contribution in [0.5, 0.6) is 0 Å². The molecule has 2 aromatic rings. The molecule has 1 N–H and O–H groups in total. The van der Waals surface area contributed by atoms with Gasteiger partial charge in [0.25, 0.3) is 0 Å². The number of hydrogen-bond donors (Lipinski definition) is 1. The minimum atomic E-state index is -0.247. The number of rotatable bonds is 2. The number of halogens is 1. The molecule has 1 aromatic carbocycles. The lowest BCUT2D eigenvalue weighted by Gasteiger charge is -2.30. The van der Waals surface area contributed by atoms with Crippen molar-refractivity contribution >= 4 is 5.69 Å². The third kappa shape index (κ3) is 2.63. The summed E-state index contributed by atoms with van der Waals surface area (Å²) < 4.78 is 12.9. The van der Waals surface area contributed by atoms with Gasteiger partial charge < -0.3 is 10.2 Å². The molecular weight excluding hydrogens is 255 g/mol. The van der Waals surface area contributed by atoms with Gasteiger partial charge in [0.1, 0.15) is 5.82 Å². The Kier molecular flexibility index (Phi) is 3.60. The van der Waals surface area contributed by atoms with E-state index in [-0.39, 0.29) is 5.82 Å². The Morgan fingerprint density at radius 2 is 1.85 bits per heavy atom. The zero-order chi connectivity index (χ0) is 13.9. The number of aromatic nitrogens is 2. The lowest BCUT2D eigenvalue weighted by molar-refractivity contribution is 0.587. The summed E-state index contributed by atoms with van der Waals surface area (Å²) in [6, 6.07) is 6.26. The normalized spacial score (nSPS) is 15.4. The molecule has 0 amide bonds. The molecule has 1 aromatic heterocycles. The van der Waals surface area contributed by atoms with E-state index in [1.165, 1.54) is 12.1 Å². The zero-order valence-electron chi connectivity index (χ0n) is 11.4. The molecule has 5 heteroatoms. The van der Waals surface area contributed by atoms with E-state index < -0.39 is 0 Å². The smallest absolute Gasteiger partial charge is 0.159 e. The number of nitrogens with zero attached hydrogens (tertiary/aromatic N) is 3. The molecule has 4 nitrogen and oxygen atoms in total. The fourth-order valence-corrected chi connectivity index (χ4v) is 2.41. The van der Waals surface area contributed by atoms with Crippen LogP contribution >= 0.6 is 0 Å². The van der Waals surface area contributed by atoms with Gasteiger partial charge in [0.05, 0.1) is 17.6 Å². The lowest BCUT2D eigenvalue weighted by atomic mass is 10.2. The Labute approximate surface area is 117 Å². The summed E-state index contributed by atoms with van der Waals surface area (Å²) in [5, 5.41) is 3.33. The van der Waals surface area contributed by atoms with Crippen molar-refractivity contribution in [1.29, 1.82) is 0 Å². The standard InChI is InChI=1S/C15H17FN4/c1-11-14(20-8-6-17-7-9-20)10-18-15(19-11)12-2-4-13(16)5-3-12/h2-5,10,17H,6-9H2,1H3. The van der Waals surface area contributed by atoms with Crippen LogP contribution in [0.4, 0.5) is 10.1 Å². The summed E-state index contributed by atoms with van der Waals surface area (Å²) in [5.74, 6) is 0.393. The number of piperazine rings is 1. The van der Waals surface area contributed by atoms with E-state index in [0.29, 0.717) is 5.82 Å². The number of aryl methyl sites for hydroxylation is 1. The van der Waals surface area contributed by atoms with Gasteiger partial charge in [0.15, 0.2) is 5.82 Å². The first-order valence-electron chi connectivity index (χ1n) is 6.79. The van der Waals surface area contributed by atoms with E-state index in [2.05, 4.69) is 20.2 Å². The van der Waals surface area contributed by atoms with Crippen LogP contribution in [0, 0.1) is 12.7 Å². The maximum Gasteiger partial charge on any atom is 0.159 e. The van der Waals surface area contributed by atoms with Crippen LogP contribution in [0.15, 0.2) is 30.5 Å². The van der Waals surface area contributed by atoms with Crippen molar-refractivity contribution in [2.24, 2.45) is 0 Å². The average Bonchev–Trinajstić information content (AvgIpc) is 2.49. The third-order valence-corrected chi connectivity index (χ3v) is 3.51. The zero-order valence-corrected chi connectivity index (χ0v) is 11.4. The first-order valence-corrected chi connectivity index (χ1v) is 6.79. The molecule has 2 heterocycles. The summed E-state index contributed by atoms with van der Waals surface area (Å²) in [6.07, 6.45) is 1.87. The van der Waals surface area contributed by atoms with Crippen LogP contribution < -0.4 is 10.2 Å². The quantitative estimate of drug-likeness (QED) is 0.908. The molecule has 1 aliphatic heterocycles. The molecule has 0 unspecified atom stereocenters. The maximum absolute atomic E-state index is 12.9. The molecule has 1 saturated heterocycles. The molecule has 0 atom stereocenters. The number of benzene rings is 1. The largest absolute Gasteiger partial charge is 0.366 e. The van der Waals surface area contributed by atoms with Crippen molar-refractivity contribution in [3.63, 3.8) is 0 Å². The van der Waals surface area contributed by atoms with Crippen LogP contribution in [-0.4, -0.2) is 36.1 Å². The summed E-state index contributed by atoms with van der Waals surface area (Å²) in [6.45, 7) is 5.91. The van der Waals surface area contributed by atoms with E-state index in [1.54, 1.807) is 12.1 Å². The van der Waals surface area contributed by atoms with Gasteiger partial charge in [-0.15, -0.1) is 0 Å². The predicted octanol–water partition coefficient (Wildman–Crippen LogP) is 2.00. The van der Waals surface area contributed by atoms with Gasteiger partial charge in [-0.05, 0) is 31.2 Å². The van der Waals surface area contributed by atoms with Crippen molar-refractivity contribution in [3.8, 4) is 11.4 Å². The molecule has 0 saturated carbocycles. The van der Waals surface area contributed by atoms with E-state index >= 15 is 0 Å². The van der Waals surface area contributed by atoms with Gasteiger partial charge in [-0.1, -0.05) is 0 Å². The molecule has 3 rings (SSSR count). The van der Waals surface area contributed by atoms with E-state index in [0.717, 1.165) is 43.1 Å². The van der Waals surface area contributed by atoms with Crippen LogP contribution in [0.25, 0.3) is 11.4 Å². The second-order valence-corrected chi connectivity index (χ2v) is 4.91. The van der Waals surface area contributed by atoms with Gasteiger partial charge in [-0.2, -0.15) is 0 Å². The van der Waals surface area contributed by atoms with Crippen molar-refractivity contribution in [3.05, 3.63) is 42.0 Å². The van der Waals surface area contributed by atoms with Crippen LogP contribution in [-0.2, 0) is 0 Å². The van der Waals surface area contributed by atoms with E-state index in [9.17, 15) is 4.39 Å². The highest BCUT2D eigenvalue weighted by Gasteiger charge is 2.14. The first-order chi connectivity index (χ1) is 9.74. The highest BCUT2D eigenvalue weighted by molar-refractivity contribution is 5.58. The lowest BCUT2D eigenvalue weighted by Crippen LogP contribution is -2.43. The second kappa shape index (κ2) is 5.54. The highest BCUT2D eigenvalue weighted by atomic mass is 19.1. The van der Waals surface area contributed by atoms with Gasteiger partial charge in [-0.3, -0.25) is 0 Å². The molecule has 1 fully saturated rings. The van der Waals surface area contributed by atoms with Gasteiger partial charge in [0, 0.05) is 31.7 Å². The number of hydrogen-bond acceptors (Lipinski definition) is 4. The Hall–Kier alpha value is -2.01. The Morgan fingerprint density at radius 3 is 2.50 bits per heavy atom. The second-order valence-electron chi connectivity index (χ2n) is 4.91. The Bertz CT molecular complexity index is 591. The van der Waals surface area contributed by atoms with Gasteiger partial charge >= 0.3 is 0 Å². The topological polar surface area (TPSA) is 41.1 Å².